The van der Waals surface area contributed by atoms with Crippen molar-refractivity contribution in [2.45, 2.75) is 88.5 Å². The van der Waals surface area contributed by atoms with E-state index in [0.717, 1.165) is 12.8 Å². The average molecular weight is 575 g/mol. The van der Waals surface area contributed by atoms with Crippen LogP contribution in [-0.2, 0) is 0 Å². The highest BCUT2D eigenvalue weighted by molar-refractivity contribution is 5.80. The molecule has 43 heavy (non-hydrogen) atoms. The maximum absolute atomic E-state index is 3.36. The zero-order valence-electron chi connectivity index (χ0n) is 28.9. The Kier molecular flexibility index (Phi) is 21.5. The lowest BCUT2D eigenvalue weighted by Gasteiger charge is -2.12. The molecule has 0 saturated heterocycles. The van der Waals surface area contributed by atoms with E-state index in [1.807, 2.05) is 32.9 Å². The first-order valence-electron chi connectivity index (χ1n) is 15.7. The Bertz CT molecular complexity index is 1320. The van der Waals surface area contributed by atoms with E-state index in [9.17, 15) is 0 Å². The van der Waals surface area contributed by atoms with Gasteiger partial charge in [0, 0.05) is 0 Å². The molecule has 0 saturated carbocycles. The Balaban J connectivity index is 0.000000917. The lowest BCUT2D eigenvalue weighted by molar-refractivity contribution is 1.04. The van der Waals surface area contributed by atoms with E-state index < -0.39 is 0 Å². The summed E-state index contributed by atoms with van der Waals surface area (Å²) in [5, 5.41) is 0. The molecule has 0 heterocycles. The van der Waals surface area contributed by atoms with Crippen LogP contribution in [0.5, 0.6) is 0 Å². The van der Waals surface area contributed by atoms with E-state index >= 15 is 0 Å². The molecule has 0 atom stereocenters. The third kappa shape index (κ3) is 17.0. The minimum atomic E-state index is 1.14. The fourth-order valence-electron chi connectivity index (χ4n) is 3.96. The third-order valence-corrected chi connectivity index (χ3v) is 6.23. The molecule has 0 amide bonds. The van der Waals surface area contributed by atoms with Gasteiger partial charge in [-0.2, -0.15) is 0 Å². The fraction of sp³-hybridized carbons (Fsp3) is 0.302. The molecule has 0 fully saturated rings. The topological polar surface area (TPSA) is 0 Å². The quantitative estimate of drug-likeness (QED) is 0.215. The number of rotatable bonds is 4. The summed E-state index contributed by atoms with van der Waals surface area (Å²) in [6.07, 6.45) is 19.8. The van der Waals surface area contributed by atoms with Crippen molar-refractivity contribution >= 4 is 5.57 Å². The van der Waals surface area contributed by atoms with Gasteiger partial charge in [0.15, 0.2) is 0 Å². The standard InChI is InChI=1S/C27H26.C5H10.C4H8.C4H6.C3H8/c1-19-12-20(2)14-25(13-19)23-10-7-11-24(17-23)27-16-21(3)15-26(18-27)22-8-5-4-6-9-22;1-4-5(2)3;2*1-3-4-2;1-3-2/h5,7-18H,4,6H2,1-3H3;4H,1-3H3;3-4H,1-2H3;3-4H,1-2H2;3H2,1-2H3/b;;4-3-;;. The first-order valence-corrected chi connectivity index (χ1v) is 15.7. The average Bonchev–Trinajstić information content (AvgIpc) is 3.01. The van der Waals surface area contributed by atoms with Crippen molar-refractivity contribution in [2.24, 2.45) is 0 Å². The second-order valence-electron chi connectivity index (χ2n) is 10.9. The number of benzene rings is 3. The SMILES string of the molecule is C/C=C\C.C=CC=C.CC=C(C)C.CCC.Cc1cc(C)cc(-c2cccc(-c3cc(C)cc(C4=CCCC=C4)c3)c2)c1. The first kappa shape index (κ1) is 39.1. The maximum atomic E-state index is 3.36. The third-order valence-electron chi connectivity index (χ3n) is 6.23. The highest BCUT2D eigenvalue weighted by atomic mass is 14.1. The number of allylic oxidation sites excluding steroid dienone is 10. The van der Waals surface area contributed by atoms with Gasteiger partial charge in [0.1, 0.15) is 0 Å². The molecule has 0 spiro atoms. The summed E-state index contributed by atoms with van der Waals surface area (Å²) in [5.41, 5.74) is 13.1. The molecular formula is C43H58. The molecule has 4 rings (SSSR count). The highest BCUT2D eigenvalue weighted by Gasteiger charge is 2.08. The largest absolute Gasteiger partial charge is 0.0991 e. The molecule has 1 aliphatic rings. The Hall–Kier alpha value is -3.90. The minimum Gasteiger partial charge on any atom is -0.0991 e. The van der Waals surface area contributed by atoms with Crippen LogP contribution in [0.15, 0.2) is 128 Å². The first-order chi connectivity index (χ1) is 20.6. The summed E-state index contributed by atoms with van der Waals surface area (Å²) < 4.78 is 0. The Morgan fingerprint density at radius 3 is 1.47 bits per heavy atom. The molecule has 0 aliphatic heterocycles. The molecule has 3 aromatic rings. The van der Waals surface area contributed by atoms with Crippen LogP contribution < -0.4 is 0 Å². The van der Waals surface area contributed by atoms with Crippen molar-refractivity contribution in [3.05, 3.63) is 150 Å². The zero-order valence-corrected chi connectivity index (χ0v) is 28.9. The molecule has 0 aromatic heterocycles. The predicted molar refractivity (Wildman–Crippen MR) is 200 cm³/mol. The van der Waals surface area contributed by atoms with Crippen LogP contribution in [0.4, 0.5) is 0 Å². The fourth-order valence-corrected chi connectivity index (χ4v) is 3.96. The Morgan fingerprint density at radius 2 is 1.07 bits per heavy atom. The van der Waals surface area contributed by atoms with E-state index in [4.69, 9.17) is 0 Å². The van der Waals surface area contributed by atoms with Gasteiger partial charge in [-0.25, -0.2) is 0 Å². The maximum Gasteiger partial charge on any atom is -0.0175 e. The van der Waals surface area contributed by atoms with Crippen molar-refractivity contribution in [3.63, 3.8) is 0 Å². The van der Waals surface area contributed by atoms with E-state index in [1.165, 1.54) is 62.1 Å². The van der Waals surface area contributed by atoms with Gasteiger partial charge in [-0.1, -0.05) is 147 Å². The van der Waals surface area contributed by atoms with Crippen LogP contribution in [-0.4, -0.2) is 0 Å². The van der Waals surface area contributed by atoms with Gasteiger partial charge in [-0.05, 0) is 119 Å². The van der Waals surface area contributed by atoms with Gasteiger partial charge in [-0.3, -0.25) is 0 Å². The molecule has 0 radical (unpaired) electrons. The summed E-state index contributed by atoms with van der Waals surface area (Å²) in [6.45, 7) is 27.7. The highest BCUT2D eigenvalue weighted by Crippen LogP contribution is 2.31. The zero-order chi connectivity index (χ0) is 32.6. The van der Waals surface area contributed by atoms with Crippen molar-refractivity contribution in [1.82, 2.24) is 0 Å². The van der Waals surface area contributed by atoms with Crippen LogP contribution >= 0.6 is 0 Å². The molecule has 0 N–H and O–H groups in total. The molecule has 0 unspecified atom stereocenters. The molecule has 3 aromatic carbocycles. The van der Waals surface area contributed by atoms with Crippen LogP contribution in [0.25, 0.3) is 27.8 Å². The van der Waals surface area contributed by atoms with E-state index in [-0.39, 0.29) is 0 Å². The van der Waals surface area contributed by atoms with Crippen molar-refractivity contribution in [1.29, 1.82) is 0 Å². The molecular weight excluding hydrogens is 516 g/mol. The molecule has 230 valence electrons. The van der Waals surface area contributed by atoms with Gasteiger partial charge < -0.3 is 0 Å². The number of aryl methyl sites for hydroxylation is 3. The van der Waals surface area contributed by atoms with Crippen LogP contribution in [0.1, 0.15) is 90.0 Å². The van der Waals surface area contributed by atoms with Gasteiger partial charge in [0.05, 0.1) is 0 Å². The summed E-state index contributed by atoms with van der Waals surface area (Å²) in [4.78, 5) is 0. The number of hydrogen-bond acceptors (Lipinski definition) is 0. The van der Waals surface area contributed by atoms with Crippen LogP contribution in [0.3, 0.4) is 0 Å². The summed E-state index contributed by atoms with van der Waals surface area (Å²) in [6, 6.07) is 22.6. The lowest BCUT2D eigenvalue weighted by Crippen LogP contribution is -1.90. The van der Waals surface area contributed by atoms with Crippen molar-refractivity contribution < 1.29 is 0 Å². The number of hydrogen-bond donors (Lipinski definition) is 0. The Labute approximate surface area is 266 Å². The summed E-state index contributed by atoms with van der Waals surface area (Å²) in [7, 11) is 0. The van der Waals surface area contributed by atoms with E-state index in [2.05, 4.69) is 147 Å². The van der Waals surface area contributed by atoms with Crippen molar-refractivity contribution in [3.8, 4) is 22.3 Å². The van der Waals surface area contributed by atoms with Crippen LogP contribution in [0, 0.1) is 20.8 Å². The van der Waals surface area contributed by atoms with Gasteiger partial charge in [0.25, 0.3) is 0 Å². The smallest absolute Gasteiger partial charge is 0.0175 e. The molecule has 0 nitrogen and oxygen atoms in total. The monoisotopic (exact) mass is 574 g/mol. The van der Waals surface area contributed by atoms with Crippen LogP contribution in [0.2, 0.25) is 0 Å². The molecule has 1 aliphatic carbocycles. The van der Waals surface area contributed by atoms with E-state index in [0.29, 0.717) is 0 Å². The Morgan fingerprint density at radius 1 is 0.651 bits per heavy atom. The van der Waals surface area contributed by atoms with Crippen molar-refractivity contribution in [2.75, 3.05) is 0 Å². The van der Waals surface area contributed by atoms with Gasteiger partial charge in [-0.15, -0.1) is 0 Å². The summed E-state index contributed by atoms with van der Waals surface area (Å²) in [5.74, 6) is 0. The predicted octanol–water partition coefficient (Wildman–Crippen LogP) is 14.0. The second kappa shape index (κ2) is 23.6. The second-order valence-corrected chi connectivity index (χ2v) is 10.9. The van der Waals surface area contributed by atoms with Gasteiger partial charge >= 0.3 is 0 Å². The van der Waals surface area contributed by atoms with Gasteiger partial charge in [0.2, 0.25) is 0 Å². The summed E-state index contributed by atoms with van der Waals surface area (Å²) >= 11 is 0. The van der Waals surface area contributed by atoms with E-state index in [1.54, 1.807) is 12.2 Å². The normalized spacial score (nSPS) is 11.1. The lowest BCUT2D eigenvalue weighted by atomic mass is 9.92. The minimum absolute atomic E-state index is 1.14. The molecule has 0 bridgehead atoms. The molecule has 0 heteroatoms.